The van der Waals surface area contributed by atoms with Crippen LogP contribution in [-0.4, -0.2) is 6.26 Å². The summed E-state index contributed by atoms with van der Waals surface area (Å²) in [4.78, 5) is 1.41. The molecule has 0 amide bonds. The Balaban J connectivity index is 3.06. The normalized spacial score (nSPS) is 14.1. The zero-order chi connectivity index (χ0) is 10.8. The first-order chi connectivity index (χ1) is 6.46. The maximum Gasteiger partial charge on any atom is 0.0104 e. The molecule has 0 aromatic heterocycles. The fourth-order valence-corrected chi connectivity index (χ4v) is 2.19. The van der Waals surface area contributed by atoms with Crippen molar-refractivity contribution in [2.45, 2.75) is 38.5 Å². The lowest BCUT2D eigenvalue weighted by atomic mass is 9.78. The van der Waals surface area contributed by atoms with E-state index in [0.29, 0.717) is 11.3 Å². The van der Waals surface area contributed by atoms with Gasteiger partial charge in [-0.15, -0.1) is 11.8 Å². The summed E-state index contributed by atoms with van der Waals surface area (Å²) in [6.45, 7) is 9.22. The third kappa shape index (κ3) is 2.54. The minimum Gasteiger partial charge on any atom is -0.129 e. The molecule has 0 spiro atoms. The predicted molar refractivity (Wildman–Crippen MR) is 66.1 cm³/mol. The fourth-order valence-electron chi connectivity index (χ4n) is 1.49. The van der Waals surface area contributed by atoms with Crippen LogP contribution in [0.15, 0.2) is 29.2 Å². The van der Waals surface area contributed by atoms with Gasteiger partial charge in [-0.1, -0.05) is 45.9 Å². The quantitative estimate of drug-likeness (QED) is 0.642. The molecule has 1 aromatic rings. The molecule has 0 aliphatic carbocycles. The standard InChI is InChI=1S/C13H20S/c1-10(13(2,3)4)11-8-6-7-9-12(11)14-5/h6-10H,1-5H3. The van der Waals surface area contributed by atoms with E-state index in [1.807, 2.05) is 11.8 Å². The van der Waals surface area contributed by atoms with Gasteiger partial charge in [-0.3, -0.25) is 0 Å². The summed E-state index contributed by atoms with van der Waals surface area (Å²) >= 11 is 1.84. The average Bonchev–Trinajstić information content (AvgIpc) is 2.15. The Hall–Kier alpha value is -0.430. The van der Waals surface area contributed by atoms with Crippen molar-refractivity contribution in [2.75, 3.05) is 6.26 Å². The lowest BCUT2D eigenvalue weighted by Crippen LogP contribution is -2.15. The van der Waals surface area contributed by atoms with Crippen molar-refractivity contribution in [1.29, 1.82) is 0 Å². The molecule has 0 fully saturated rings. The molecule has 0 N–H and O–H groups in total. The predicted octanol–water partition coefficient (Wildman–Crippen LogP) is 4.56. The SMILES string of the molecule is CSc1ccccc1C(C)C(C)(C)C. The molecule has 78 valence electrons. The van der Waals surface area contributed by atoms with Crippen LogP contribution < -0.4 is 0 Å². The molecule has 0 aliphatic heterocycles. The number of rotatable bonds is 2. The Bertz CT molecular complexity index is 296. The van der Waals surface area contributed by atoms with Gasteiger partial charge < -0.3 is 0 Å². The minimum absolute atomic E-state index is 0.339. The Morgan fingerprint density at radius 2 is 1.71 bits per heavy atom. The van der Waals surface area contributed by atoms with Gasteiger partial charge in [0.1, 0.15) is 0 Å². The Morgan fingerprint density at radius 1 is 1.14 bits per heavy atom. The Morgan fingerprint density at radius 3 is 2.21 bits per heavy atom. The van der Waals surface area contributed by atoms with E-state index in [1.165, 1.54) is 10.5 Å². The lowest BCUT2D eigenvalue weighted by molar-refractivity contribution is 0.336. The van der Waals surface area contributed by atoms with Crippen LogP contribution >= 0.6 is 11.8 Å². The smallest absolute Gasteiger partial charge is 0.0104 e. The van der Waals surface area contributed by atoms with Crippen LogP contribution in [0.25, 0.3) is 0 Å². The Kier molecular flexibility index (Phi) is 3.65. The highest BCUT2D eigenvalue weighted by atomic mass is 32.2. The van der Waals surface area contributed by atoms with Crippen molar-refractivity contribution in [3.63, 3.8) is 0 Å². The van der Waals surface area contributed by atoms with Gasteiger partial charge in [-0.05, 0) is 29.2 Å². The Labute approximate surface area is 92.1 Å². The van der Waals surface area contributed by atoms with Crippen LogP contribution in [0, 0.1) is 5.41 Å². The van der Waals surface area contributed by atoms with Crippen LogP contribution in [0.1, 0.15) is 39.2 Å². The van der Waals surface area contributed by atoms with Gasteiger partial charge in [0, 0.05) is 4.90 Å². The van der Waals surface area contributed by atoms with Gasteiger partial charge in [0.2, 0.25) is 0 Å². The summed E-state index contributed by atoms with van der Waals surface area (Å²) < 4.78 is 0. The van der Waals surface area contributed by atoms with E-state index in [9.17, 15) is 0 Å². The molecule has 14 heavy (non-hydrogen) atoms. The number of thioether (sulfide) groups is 1. The van der Waals surface area contributed by atoms with Gasteiger partial charge in [-0.25, -0.2) is 0 Å². The van der Waals surface area contributed by atoms with Crippen molar-refractivity contribution in [1.82, 2.24) is 0 Å². The second kappa shape index (κ2) is 4.39. The second-order valence-corrected chi connectivity index (χ2v) is 5.68. The molecule has 0 aliphatic rings. The number of hydrogen-bond donors (Lipinski definition) is 0. The largest absolute Gasteiger partial charge is 0.129 e. The van der Waals surface area contributed by atoms with Crippen molar-refractivity contribution in [3.05, 3.63) is 29.8 Å². The minimum atomic E-state index is 0.339. The van der Waals surface area contributed by atoms with E-state index in [0.717, 1.165) is 0 Å². The topological polar surface area (TPSA) is 0 Å². The van der Waals surface area contributed by atoms with Crippen LogP contribution in [0.5, 0.6) is 0 Å². The van der Waals surface area contributed by atoms with Crippen molar-refractivity contribution >= 4 is 11.8 Å². The molecule has 1 atom stereocenters. The highest BCUT2D eigenvalue weighted by Gasteiger charge is 2.23. The average molecular weight is 208 g/mol. The van der Waals surface area contributed by atoms with E-state index < -0.39 is 0 Å². The van der Waals surface area contributed by atoms with Crippen molar-refractivity contribution < 1.29 is 0 Å². The van der Waals surface area contributed by atoms with E-state index in [1.54, 1.807) is 0 Å². The van der Waals surface area contributed by atoms with Crippen molar-refractivity contribution in [3.8, 4) is 0 Å². The monoisotopic (exact) mass is 208 g/mol. The number of hydrogen-bond acceptors (Lipinski definition) is 1. The molecule has 0 bridgehead atoms. The van der Waals surface area contributed by atoms with Crippen LogP contribution in [0.2, 0.25) is 0 Å². The highest BCUT2D eigenvalue weighted by Crippen LogP contribution is 2.38. The molecule has 0 nitrogen and oxygen atoms in total. The molecule has 0 radical (unpaired) electrons. The van der Waals surface area contributed by atoms with E-state index in [2.05, 4.69) is 58.2 Å². The van der Waals surface area contributed by atoms with E-state index in [4.69, 9.17) is 0 Å². The fraction of sp³-hybridized carbons (Fsp3) is 0.538. The first-order valence-electron chi connectivity index (χ1n) is 5.09. The van der Waals surface area contributed by atoms with Gasteiger partial charge in [0.15, 0.2) is 0 Å². The molecule has 1 aromatic carbocycles. The molecule has 1 heteroatoms. The summed E-state index contributed by atoms with van der Waals surface area (Å²) in [5, 5.41) is 0. The van der Waals surface area contributed by atoms with Gasteiger partial charge in [0.25, 0.3) is 0 Å². The molecular formula is C13H20S. The maximum absolute atomic E-state index is 2.31. The van der Waals surface area contributed by atoms with Crippen LogP contribution in [0.4, 0.5) is 0 Å². The third-order valence-electron chi connectivity index (χ3n) is 2.90. The number of benzene rings is 1. The van der Waals surface area contributed by atoms with Crippen LogP contribution in [-0.2, 0) is 0 Å². The summed E-state index contributed by atoms with van der Waals surface area (Å²) in [6, 6.07) is 8.71. The van der Waals surface area contributed by atoms with Crippen molar-refractivity contribution in [2.24, 2.45) is 5.41 Å². The maximum atomic E-state index is 2.31. The summed E-state index contributed by atoms with van der Waals surface area (Å²) in [6.07, 6.45) is 2.15. The molecule has 0 saturated heterocycles. The molecule has 1 rings (SSSR count). The zero-order valence-electron chi connectivity index (χ0n) is 9.79. The van der Waals surface area contributed by atoms with E-state index >= 15 is 0 Å². The molecular weight excluding hydrogens is 188 g/mol. The third-order valence-corrected chi connectivity index (χ3v) is 3.72. The van der Waals surface area contributed by atoms with Crippen LogP contribution in [0.3, 0.4) is 0 Å². The molecule has 0 saturated carbocycles. The molecule has 0 heterocycles. The summed E-state index contributed by atoms with van der Waals surface area (Å²) in [7, 11) is 0. The summed E-state index contributed by atoms with van der Waals surface area (Å²) in [5.41, 5.74) is 1.82. The van der Waals surface area contributed by atoms with Gasteiger partial charge >= 0.3 is 0 Å². The first-order valence-corrected chi connectivity index (χ1v) is 6.32. The van der Waals surface area contributed by atoms with Gasteiger partial charge in [0.05, 0.1) is 0 Å². The zero-order valence-corrected chi connectivity index (χ0v) is 10.6. The van der Waals surface area contributed by atoms with E-state index in [-0.39, 0.29) is 0 Å². The highest BCUT2D eigenvalue weighted by molar-refractivity contribution is 7.98. The summed E-state index contributed by atoms with van der Waals surface area (Å²) in [5.74, 6) is 0.603. The first kappa shape index (κ1) is 11.6. The lowest BCUT2D eigenvalue weighted by Gasteiger charge is -2.29. The molecule has 1 unspecified atom stereocenters. The van der Waals surface area contributed by atoms with Gasteiger partial charge in [-0.2, -0.15) is 0 Å². The second-order valence-electron chi connectivity index (χ2n) is 4.83.